The van der Waals surface area contributed by atoms with Gasteiger partial charge >= 0.3 is 0 Å². The number of likely N-dealkylation sites (tertiary alicyclic amines) is 1. The highest BCUT2D eigenvalue weighted by atomic mass is 16.5. The number of piperidine rings is 1. The number of rotatable bonds is 6. The Kier molecular flexibility index (Phi) is 5.60. The number of benzene rings is 1. The Labute approximate surface area is 148 Å². The minimum Gasteiger partial charge on any atom is -0.493 e. The van der Waals surface area contributed by atoms with Crippen molar-refractivity contribution in [2.75, 3.05) is 34.4 Å². The van der Waals surface area contributed by atoms with E-state index >= 15 is 0 Å². The van der Waals surface area contributed by atoms with Crippen molar-refractivity contribution in [2.24, 2.45) is 0 Å². The summed E-state index contributed by atoms with van der Waals surface area (Å²) in [7, 11) is 5.03. The molecular weight excluding hydrogens is 320 g/mol. The van der Waals surface area contributed by atoms with Crippen LogP contribution in [0.5, 0.6) is 11.5 Å². The van der Waals surface area contributed by atoms with E-state index in [-0.39, 0.29) is 0 Å². The number of hydrogen-bond donors (Lipinski definition) is 0. The predicted octanol–water partition coefficient (Wildman–Crippen LogP) is 3.28. The van der Waals surface area contributed by atoms with Crippen molar-refractivity contribution >= 4 is 0 Å². The van der Waals surface area contributed by atoms with Crippen LogP contribution in [-0.4, -0.2) is 50.4 Å². The first kappa shape index (κ1) is 17.8. The molecule has 6 nitrogen and oxygen atoms in total. The van der Waals surface area contributed by atoms with E-state index < -0.39 is 0 Å². The Morgan fingerprint density at radius 3 is 2.72 bits per heavy atom. The highest BCUT2D eigenvalue weighted by molar-refractivity contribution is 5.60. The van der Waals surface area contributed by atoms with Crippen LogP contribution in [0, 0.1) is 6.92 Å². The van der Waals surface area contributed by atoms with Gasteiger partial charge in [-0.1, -0.05) is 0 Å². The van der Waals surface area contributed by atoms with Crippen molar-refractivity contribution in [3.05, 3.63) is 29.7 Å². The van der Waals surface area contributed by atoms with Gasteiger partial charge in [-0.2, -0.15) is 0 Å². The average Bonchev–Trinajstić information content (AvgIpc) is 3.01. The van der Waals surface area contributed by atoms with Crippen LogP contribution in [0.2, 0.25) is 0 Å². The molecule has 0 saturated carbocycles. The van der Waals surface area contributed by atoms with Crippen LogP contribution in [0.15, 0.2) is 22.6 Å². The Hall–Kier alpha value is -2.05. The summed E-state index contributed by atoms with van der Waals surface area (Å²) < 4.78 is 22.1. The zero-order valence-electron chi connectivity index (χ0n) is 15.4. The first-order valence-corrected chi connectivity index (χ1v) is 8.58. The number of hydrogen-bond acceptors (Lipinski definition) is 6. The number of nitrogens with zero attached hydrogens (tertiary/aromatic N) is 2. The van der Waals surface area contributed by atoms with Crippen molar-refractivity contribution in [1.82, 2.24) is 9.88 Å². The Morgan fingerprint density at radius 2 is 2.00 bits per heavy atom. The smallest absolute Gasteiger partial charge is 0.226 e. The Bertz CT molecular complexity index is 713. The van der Waals surface area contributed by atoms with Gasteiger partial charge in [0.15, 0.2) is 11.5 Å². The largest absolute Gasteiger partial charge is 0.493 e. The fourth-order valence-electron chi connectivity index (χ4n) is 3.23. The van der Waals surface area contributed by atoms with E-state index in [9.17, 15) is 0 Å². The van der Waals surface area contributed by atoms with E-state index in [2.05, 4.69) is 4.90 Å². The molecule has 0 radical (unpaired) electrons. The van der Waals surface area contributed by atoms with Gasteiger partial charge in [0.1, 0.15) is 5.76 Å². The lowest BCUT2D eigenvalue weighted by molar-refractivity contribution is 0.0280. The lowest BCUT2D eigenvalue weighted by Crippen LogP contribution is -2.38. The molecule has 1 aromatic carbocycles. The van der Waals surface area contributed by atoms with Crippen molar-refractivity contribution in [2.45, 2.75) is 32.4 Å². The van der Waals surface area contributed by atoms with Crippen LogP contribution in [0.3, 0.4) is 0 Å². The minimum absolute atomic E-state index is 0.311. The Morgan fingerprint density at radius 1 is 1.20 bits per heavy atom. The van der Waals surface area contributed by atoms with Gasteiger partial charge < -0.3 is 18.6 Å². The van der Waals surface area contributed by atoms with Gasteiger partial charge in [0, 0.05) is 25.8 Å². The van der Waals surface area contributed by atoms with E-state index in [1.165, 1.54) is 0 Å². The third-order valence-corrected chi connectivity index (χ3v) is 4.69. The molecule has 1 aliphatic heterocycles. The van der Waals surface area contributed by atoms with Crippen LogP contribution in [0.1, 0.15) is 24.3 Å². The third kappa shape index (κ3) is 3.96. The summed E-state index contributed by atoms with van der Waals surface area (Å²) in [6.07, 6.45) is 2.59. The fraction of sp³-hybridized carbons (Fsp3) is 0.526. The standard InChI is InChI=1S/C19H26N2O4/c1-13-16(12-21-9-5-6-15(11-21)22-2)20-19(25-13)14-7-8-17(23-3)18(10-14)24-4/h7-8,10,15H,5-6,9,11-12H2,1-4H3/t15-/m1/s1. The highest BCUT2D eigenvalue weighted by Crippen LogP contribution is 2.32. The summed E-state index contributed by atoms with van der Waals surface area (Å²) in [5.41, 5.74) is 1.85. The van der Waals surface area contributed by atoms with Gasteiger partial charge in [-0.25, -0.2) is 4.98 Å². The van der Waals surface area contributed by atoms with Crippen molar-refractivity contribution in [3.63, 3.8) is 0 Å². The van der Waals surface area contributed by atoms with Crippen LogP contribution >= 0.6 is 0 Å². The molecule has 1 aromatic heterocycles. The summed E-state index contributed by atoms with van der Waals surface area (Å²) in [6.45, 7) is 4.75. The molecule has 0 amide bonds. The topological polar surface area (TPSA) is 57.0 Å². The van der Waals surface area contributed by atoms with Gasteiger partial charge in [0.25, 0.3) is 0 Å². The molecule has 1 atom stereocenters. The third-order valence-electron chi connectivity index (χ3n) is 4.69. The lowest BCUT2D eigenvalue weighted by atomic mass is 10.1. The summed E-state index contributed by atoms with van der Waals surface area (Å²) in [6, 6.07) is 5.68. The van der Waals surface area contributed by atoms with Crippen LogP contribution < -0.4 is 9.47 Å². The normalized spacial score (nSPS) is 18.3. The molecular formula is C19H26N2O4. The molecule has 0 aliphatic carbocycles. The molecule has 0 unspecified atom stereocenters. The van der Waals surface area contributed by atoms with Gasteiger partial charge in [-0.15, -0.1) is 0 Å². The first-order chi connectivity index (χ1) is 12.1. The highest BCUT2D eigenvalue weighted by Gasteiger charge is 2.22. The molecule has 0 spiro atoms. The Balaban J connectivity index is 1.78. The summed E-state index contributed by atoms with van der Waals surface area (Å²) in [5, 5.41) is 0. The average molecular weight is 346 g/mol. The monoisotopic (exact) mass is 346 g/mol. The van der Waals surface area contributed by atoms with Crippen LogP contribution in [-0.2, 0) is 11.3 Å². The van der Waals surface area contributed by atoms with Crippen molar-refractivity contribution in [1.29, 1.82) is 0 Å². The zero-order chi connectivity index (χ0) is 17.8. The predicted molar refractivity (Wildman–Crippen MR) is 95.1 cm³/mol. The number of oxazole rings is 1. The van der Waals surface area contributed by atoms with Crippen molar-refractivity contribution in [3.8, 4) is 23.0 Å². The van der Waals surface area contributed by atoms with E-state index in [4.69, 9.17) is 23.6 Å². The molecule has 0 N–H and O–H groups in total. The minimum atomic E-state index is 0.311. The van der Waals surface area contributed by atoms with E-state index in [0.717, 1.165) is 49.5 Å². The first-order valence-electron chi connectivity index (χ1n) is 8.58. The SMILES string of the molecule is COc1ccc(-c2nc(CN3CCC[C@@H](OC)C3)c(C)o2)cc1OC. The van der Waals surface area contributed by atoms with Gasteiger partial charge in [-0.05, 0) is 44.5 Å². The van der Waals surface area contributed by atoms with Crippen LogP contribution in [0.25, 0.3) is 11.5 Å². The second-order valence-corrected chi connectivity index (χ2v) is 6.33. The number of methoxy groups -OCH3 is 3. The van der Waals surface area contributed by atoms with Crippen molar-refractivity contribution < 1.29 is 18.6 Å². The summed E-state index contributed by atoms with van der Waals surface area (Å²) >= 11 is 0. The zero-order valence-corrected chi connectivity index (χ0v) is 15.4. The molecule has 2 aromatic rings. The summed E-state index contributed by atoms with van der Waals surface area (Å²) in [4.78, 5) is 7.09. The molecule has 136 valence electrons. The number of ether oxygens (including phenoxy) is 3. The fourth-order valence-corrected chi connectivity index (χ4v) is 3.23. The van der Waals surface area contributed by atoms with Gasteiger partial charge in [0.05, 0.1) is 26.0 Å². The van der Waals surface area contributed by atoms with Gasteiger partial charge in [0.2, 0.25) is 5.89 Å². The molecule has 1 fully saturated rings. The van der Waals surface area contributed by atoms with E-state index in [1.807, 2.05) is 25.1 Å². The maximum atomic E-state index is 5.90. The van der Waals surface area contributed by atoms with E-state index in [1.54, 1.807) is 21.3 Å². The molecule has 6 heteroatoms. The quantitative estimate of drug-likeness (QED) is 0.800. The second-order valence-electron chi connectivity index (χ2n) is 6.33. The molecule has 25 heavy (non-hydrogen) atoms. The lowest BCUT2D eigenvalue weighted by Gasteiger charge is -2.31. The molecule has 1 saturated heterocycles. The van der Waals surface area contributed by atoms with Crippen LogP contribution in [0.4, 0.5) is 0 Å². The number of aromatic nitrogens is 1. The maximum Gasteiger partial charge on any atom is 0.226 e. The molecule has 3 rings (SSSR count). The summed E-state index contributed by atoms with van der Waals surface area (Å²) in [5.74, 6) is 2.81. The number of aryl methyl sites for hydroxylation is 1. The molecule has 0 bridgehead atoms. The van der Waals surface area contributed by atoms with E-state index in [0.29, 0.717) is 23.5 Å². The second kappa shape index (κ2) is 7.89. The maximum absolute atomic E-state index is 5.90. The molecule has 1 aliphatic rings. The van der Waals surface area contributed by atoms with Gasteiger partial charge in [-0.3, -0.25) is 4.90 Å². The molecule has 2 heterocycles.